The second-order valence-corrected chi connectivity index (χ2v) is 3.70. The predicted octanol–water partition coefficient (Wildman–Crippen LogP) is 1.74. The molecule has 0 aliphatic carbocycles. The SMILES string of the molecule is Cc1cc(O)cc(C)c1OC[C@H](C)N. The Kier molecular flexibility index (Phi) is 3.36. The highest BCUT2D eigenvalue weighted by atomic mass is 16.5. The molecule has 0 amide bonds. The van der Waals surface area contributed by atoms with Crippen molar-refractivity contribution < 1.29 is 9.84 Å². The predicted molar refractivity (Wildman–Crippen MR) is 56.7 cm³/mol. The van der Waals surface area contributed by atoms with Gasteiger partial charge in [0.2, 0.25) is 0 Å². The van der Waals surface area contributed by atoms with Crippen LogP contribution in [0.3, 0.4) is 0 Å². The average molecular weight is 195 g/mol. The van der Waals surface area contributed by atoms with Gasteiger partial charge in [-0.05, 0) is 44.0 Å². The summed E-state index contributed by atoms with van der Waals surface area (Å²) < 4.78 is 5.55. The minimum atomic E-state index is 0.0163. The number of aromatic hydroxyl groups is 1. The molecule has 1 rings (SSSR count). The van der Waals surface area contributed by atoms with Gasteiger partial charge in [0.15, 0.2) is 0 Å². The number of hydrogen-bond acceptors (Lipinski definition) is 3. The van der Waals surface area contributed by atoms with Gasteiger partial charge in [0.1, 0.15) is 18.1 Å². The van der Waals surface area contributed by atoms with Crippen LogP contribution < -0.4 is 10.5 Å². The number of phenolic OH excluding ortho intramolecular Hbond substituents is 1. The van der Waals surface area contributed by atoms with Crippen LogP contribution in [0.15, 0.2) is 12.1 Å². The molecule has 3 heteroatoms. The molecule has 0 bridgehead atoms. The molecule has 0 radical (unpaired) electrons. The van der Waals surface area contributed by atoms with Gasteiger partial charge in [-0.2, -0.15) is 0 Å². The maximum absolute atomic E-state index is 9.32. The van der Waals surface area contributed by atoms with E-state index in [1.165, 1.54) is 0 Å². The van der Waals surface area contributed by atoms with E-state index in [-0.39, 0.29) is 11.8 Å². The summed E-state index contributed by atoms with van der Waals surface area (Å²) in [5, 5.41) is 9.32. The molecule has 0 aromatic heterocycles. The number of nitrogens with two attached hydrogens (primary N) is 1. The van der Waals surface area contributed by atoms with Crippen LogP contribution in [0.5, 0.6) is 11.5 Å². The van der Waals surface area contributed by atoms with Crippen LogP contribution in [-0.2, 0) is 0 Å². The Hall–Kier alpha value is -1.22. The molecule has 1 aromatic carbocycles. The maximum Gasteiger partial charge on any atom is 0.125 e. The first-order valence-electron chi connectivity index (χ1n) is 4.69. The van der Waals surface area contributed by atoms with Gasteiger partial charge in [-0.3, -0.25) is 0 Å². The molecule has 0 spiro atoms. The van der Waals surface area contributed by atoms with Crippen molar-refractivity contribution in [3.8, 4) is 11.5 Å². The van der Waals surface area contributed by atoms with Crippen LogP contribution in [0.4, 0.5) is 0 Å². The molecule has 14 heavy (non-hydrogen) atoms. The first-order chi connectivity index (χ1) is 6.50. The highest BCUT2D eigenvalue weighted by Gasteiger charge is 2.06. The highest BCUT2D eigenvalue weighted by molar-refractivity contribution is 5.45. The van der Waals surface area contributed by atoms with Crippen LogP contribution >= 0.6 is 0 Å². The second-order valence-electron chi connectivity index (χ2n) is 3.70. The fourth-order valence-corrected chi connectivity index (χ4v) is 1.37. The van der Waals surface area contributed by atoms with Gasteiger partial charge < -0.3 is 15.6 Å². The molecular formula is C11H17NO2. The molecule has 1 aromatic rings. The number of phenols is 1. The van der Waals surface area contributed by atoms with Crippen molar-refractivity contribution in [3.63, 3.8) is 0 Å². The Morgan fingerprint density at radius 3 is 2.29 bits per heavy atom. The lowest BCUT2D eigenvalue weighted by molar-refractivity contribution is 0.292. The van der Waals surface area contributed by atoms with Gasteiger partial charge in [-0.25, -0.2) is 0 Å². The third-order valence-corrected chi connectivity index (χ3v) is 1.94. The lowest BCUT2D eigenvalue weighted by Gasteiger charge is -2.13. The average Bonchev–Trinajstić information content (AvgIpc) is 2.01. The summed E-state index contributed by atoms with van der Waals surface area (Å²) in [6.45, 7) is 6.20. The van der Waals surface area contributed by atoms with Crippen molar-refractivity contribution in [2.24, 2.45) is 5.73 Å². The van der Waals surface area contributed by atoms with E-state index in [1.807, 2.05) is 20.8 Å². The smallest absolute Gasteiger partial charge is 0.125 e. The van der Waals surface area contributed by atoms with Crippen molar-refractivity contribution in [1.82, 2.24) is 0 Å². The normalized spacial score (nSPS) is 12.6. The third-order valence-electron chi connectivity index (χ3n) is 1.94. The van der Waals surface area contributed by atoms with Gasteiger partial charge in [0.05, 0.1) is 0 Å². The molecule has 0 unspecified atom stereocenters. The number of aryl methyl sites for hydroxylation is 2. The summed E-state index contributed by atoms with van der Waals surface area (Å²) in [5.41, 5.74) is 7.46. The van der Waals surface area contributed by atoms with E-state index >= 15 is 0 Å². The fourth-order valence-electron chi connectivity index (χ4n) is 1.37. The van der Waals surface area contributed by atoms with Crippen molar-refractivity contribution >= 4 is 0 Å². The van der Waals surface area contributed by atoms with Gasteiger partial charge in [-0.15, -0.1) is 0 Å². The fraction of sp³-hybridized carbons (Fsp3) is 0.455. The first-order valence-corrected chi connectivity index (χ1v) is 4.69. The molecule has 0 saturated carbocycles. The minimum absolute atomic E-state index is 0.0163. The summed E-state index contributed by atoms with van der Waals surface area (Å²) in [5.74, 6) is 1.09. The van der Waals surface area contributed by atoms with Crippen molar-refractivity contribution in [3.05, 3.63) is 23.3 Å². The summed E-state index contributed by atoms with van der Waals surface area (Å²) in [4.78, 5) is 0. The molecule has 3 N–H and O–H groups in total. The standard InChI is InChI=1S/C11H17NO2/c1-7-4-10(13)5-8(2)11(7)14-6-9(3)12/h4-5,9,13H,6,12H2,1-3H3/t9-/m0/s1. The van der Waals surface area contributed by atoms with E-state index in [0.717, 1.165) is 16.9 Å². The van der Waals surface area contributed by atoms with Crippen LogP contribution in [0.25, 0.3) is 0 Å². The van der Waals surface area contributed by atoms with Gasteiger partial charge in [0.25, 0.3) is 0 Å². The molecule has 0 heterocycles. The lowest BCUT2D eigenvalue weighted by atomic mass is 10.1. The van der Waals surface area contributed by atoms with Gasteiger partial charge in [0, 0.05) is 6.04 Å². The van der Waals surface area contributed by atoms with Gasteiger partial charge in [-0.1, -0.05) is 0 Å². The lowest BCUT2D eigenvalue weighted by Crippen LogP contribution is -2.24. The zero-order valence-corrected chi connectivity index (χ0v) is 8.87. The van der Waals surface area contributed by atoms with E-state index < -0.39 is 0 Å². The molecule has 78 valence electrons. The Morgan fingerprint density at radius 2 is 1.86 bits per heavy atom. The third kappa shape index (κ3) is 2.64. The van der Waals surface area contributed by atoms with Crippen molar-refractivity contribution in [2.75, 3.05) is 6.61 Å². The van der Waals surface area contributed by atoms with Crippen LogP contribution in [0.1, 0.15) is 18.1 Å². The Bertz CT molecular complexity index is 298. The van der Waals surface area contributed by atoms with Crippen LogP contribution in [0, 0.1) is 13.8 Å². The molecule has 0 aliphatic rings. The Balaban J connectivity index is 2.86. The highest BCUT2D eigenvalue weighted by Crippen LogP contribution is 2.27. The summed E-state index contributed by atoms with van der Waals surface area (Å²) in [6, 6.07) is 3.38. The number of benzene rings is 1. The summed E-state index contributed by atoms with van der Waals surface area (Å²) >= 11 is 0. The quantitative estimate of drug-likeness (QED) is 0.772. The Labute approximate surface area is 84.5 Å². The van der Waals surface area contributed by atoms with E-state index in [0.29, 0.717) is 6.61 Å². The summed E-state index contributed by atoms with van der Waals surface area (Å²) in [7, 11) is 0. The maximum atomic E-state index is 9.32. The van der Waals surface area contributed by atoms with Crippen molar-refractivity contribution in [1.29, 1.82) is 0 Å². The van der Waals surface area contributed by atoms with Gasteiger partial charge >= 0.3 is 0 Å². The van der Waals surface area contributed by atoms with E-state index in [9.17, 15) is 5.11 Å². The zero-order chi connectivity index (χ0) is 10.7. The second kappa shape index (κ2) is 4.33. The zero-order valence-electron chi connectivity index (χ0n) is 8.87. The van der Waals surface area contributed by atoms with E-state index in [4.69, 9.17) is 10.5 Å². The molecule has 0 fully saturated rings. The Morgan fingerprint density at radius 1 is 1.36 bits per heavy atom. The van der Waals surface area contributed by atoms with E-state index in [2.05, 4.69) is 0 Å². The molecular weight excluding hydrogens is 178 g/mol. The number of ether oxygens (including phenoxy) is 1. The minimum Gasteiger partial charge on any atom is -0.508 e. The molecule has 1 atom stereocenters. The summed E-state index contributed by atoms with van der Waals surface area (Å²) in [6.07, 6.45) is 0. The molecule has 3 nitrogen and oxygen atoms in total. The monoisotopic (exact) mass is 195 g/mol. The topological polar surface area (TPSA) is 55.5 Å². The number of hydrogen-bond donors (Lipinski definition) is 2. The largest absolute Gasteiger partial charge is 0.508 e. The van der Waals surface area contributed by atoms with Crippen LogP contribution in [0.2, 0.25) is 0 Å². The molecule has 0 aliphatic heterocycles. The van der Waals surface area contributed by atoms with Crippen molar-refractivity contribution in [2.45, 2.75) is 26.8 Å². The van der Waals surface area contributed by atoms with Crippen LogP contribution in [-0.4, -0.2) is 17.8 Å². The van der Waals surface area contributed by atoms with E-state index in [1.54, 1.807) is 12.1 Å². The number of rotatable bonds is 3. The first kappa shape index (κ1) is 10.9. The molecule has 0 saturated heterocycles.